The van der Waals surface area contributed by atoms with Gasteiger partial charge >= 0.3 is 0 Å². The Morgan fingerprint density at radius 3 is 2.67 bits per heavy atom. The number of hydrogen-bond donors (Lipinski definition) is 10. The minimum absolute atomic E-state index is 0.000231. The number of aliphatic hydroxyl groups is 2. The Labute approximate surface area is 232 Å². The van der Waals surface area contributed by atoms with Crippen molar-refractivity contribution in [2.24, 2.45) is 11.7 Å². The van der Waals surface area contributed by atoms with Crippen LogP contribution in [0.3, 0.4) is 0 Å². The number of guanidine groups is 2. The third kappa shape index (κ3) is 4.12. The molecular formula is C26H39N9O5. The average molecular weight is 558 g/mol. The van der Waals surface area contributed by atoms with E-state index in [9.17, 15) is 19.8 Å². The summed E-state index contributed by atoms with van der Waals surface area (Å²) >= 11 is 0. The fourth-order valence-electron chi connectivity index (χ4n) is 6.16. The van der Waals surface area contributed by atoms with Crippen molar-refractivity contribution in [3.8, 4) is 5.75 Å². The highest BCUT2D eigenvalue weighted by Gasteiger charge is 2.74. The van der Waals surface area contributed by atoms with Gasteiger partial charge < -0.3 is 52.2 Å². The number of nitrogens with one attached hydrogen (secondary N) is 7. The lowest BCUT2D eigenvalue weighted by molar-refractivity contribution is -0.232. The third-order valence-electron chi connectivity index (χ3n) is 8.68. The van der Waals surface area contributed by atoms with Crippen molar-refractivity contribution in [3.05, 3.63) is 29.3 Å². The van der Waals surface area contributed by atoms with E-state index in [0.29, 0.717) is 12.4 Å². The molecule has 0 aliphatic carbocycles. The average Bonchev–Trinajstić information content (AvgIpc) is 3.35. The van der Waals surface area contributed by atoms with Gasteiger partial charge in [-0.25, -0.2) is 0 Å². The second kappa shape index (κ2) is 9.49. The summed E-state index contributed by atoms with van der Waals surface area (Å²) in [5.74, 6) is -3.53. The number of ether oxygens (including phenoxy) is 1. The first kappa shape index (κ1) is 27.9. The molecule has 3 saturated heterocycles. The van der Waals surface area contributed by atoms with Gasteiger partial charge in [-0.1, -0.05) is 39.8 Å². The molecule has 14 nitrogen and oxygen atoms in total. The predicted octanol–water partition coefficient (Wildman–Crippen LogP) is -1.96. The molecule has 40 heavy (non-hydrogen) atoms. The van der Waals surface area contributed by atoms with E-state index in [1.165, 1.54) is 4.90 Å². The quantitative estimate of drug-likeness (QED) is 0.174. The van der Waals surface area contributed by atoms with Crippen LogP contribution in [0, 0.1) is 16.7 Å². The van der Waals surface area contributed by atoms with Gasteiger partial charge in [-0.15, -0.1) is 0 Å². The van der Waals surface area contributed by atoms with E-state index >= 15 is 0 Å². The molecule has 4 aliphatic rings. The number of fused-ring (bicyclic) bond motifs is 1. The second-order valence-corrected chi connectivity index (χ2v) is 12.0. The second-order valence-electron chi connectivity index (χ2n) is 12.0. The maximum absolute atomic E-state index is 13.5. The predicted molar refractivity (Wildman–Crippen MR) is 146 cm³/mol. The number of benzene rings is 1. The fraction of sp³-hybridized carbons (Fsp3) is 0.615. The molecule has 5 atom stereocenters. The largest absolute Gasteiger partial charge is 0.492 e. The van der Waals surface area contributed by atoms with Crippen LogP contribution in [0.5, 0.6) is 5.75 Å². The molecule has 1 aromatic carbocycles. The summed E-state index contributed by atoms with van der Waals surface area (Å²) in [6, 6.07) is 1.75. The molecule has 5 rings (SSSR count). The number of nitrogens with zero attached hydrogens (tertiary/aromatic N) is 1. The maximum Gasteiger partial charge on any atom is 0.255 e. The Bertz CT molecular complexity index is 1250. The SMILES string of the molecule is CC(C)[C@H](N)C(=O)NC[C@@H]1NC(=N)N2C[C@H](NC(=O)c3cccc4c3OCCC4(C)C)C(O)(O)[C@@]23NC(=N)N[C@@H]13. The molecule has 218 valence electrons. The summed E-state index contributed by atoms with van der Waals surface area (Å²) in [6.07, 6.45) is 0.799. The molecular weight excluding hydrogens is 518 g/mol. The van der Waals surface area contributed by atoms with E-state index in [1.54, 1.807) is 12.1 Å². The fourth-order valence-corrected chi connectivity index (χ4v) is 6.16. The van der Waals surface area contributed by atoms with E-state index in [4.69, 9.17) is 21.3 Å². The van der Waals surface area contributed by atoms with Crippen LogP contribution in [0.2, 0.25) is 0 Å². The van der Waals surface area contributed by atoms with Gasteiger partial charge in [0.05, 0.1) is 30.3 Å². The van der Waals surface area contributed by atoms with Crippen molar-refractivity contribution in [2.75, 3.05) is 19.7 Å². The number of rotatable bonds is 6. The Morgan fingerprint density at radius 2 is 1.98 bits per heavy atom. The molecule has 2 amide bonds. The molecule has 0 saturated carbocycles. The lowest BCUT2D eigenvalue weighted by Gasteiger charge is -2.51. The van der Waals surface area contributed by atoms with E-state index in [0.717, 1.165) is 12.0 Å². The van der Waals surface area contributed by atoms with Crippen LogP contribution >= 0.6 is 0 Å². The van der Waals surface area contributed by atoms with Crippen molar-refractivity contribution in [2.45, 2.75) is 75.1 Å². The van der Waals surface area contributed by atoms with E-state index in [2.05, 4.69) is 40.4 Å². The highest BCUT2D eigenvalue weighted by atomic mass is 16.5. The van der Waals surface area contributed by atoms with Crippen molar-refractivity contribution < 1.29 is 24.5 Å². The first-order valence-electron chi connectivity index (χ1n) is 13.5. The normalized spacial score (nSPS) is 30.1. The zero-order valence-electron chi connectivity index (χ0n) is 23.1. The van der Waals surface area contributed by atoms with Crippen molar-refractivity contribution in [1.82, 2.24) is 31.5 Å². The third-order valence-corrected chi connectivity index (χ3v) is 8.68. The standard InChI is InChI=1S/C26H39N9O5/c1-12(2)17(27)21(37)30-10-15-19-25(34-22(28)33-19)26(38,39)16(11-35(25)23(29)31-15)32-20(36)13-6-5-7-14-18(13)40-9-8-24(14,3)4/h5-7,12,15-17,19,38-39H,8-11,27H2,1-4H3,(H2,29,31)(H,30,37)(H,32,36)(H3,28,33,34)/t15-,16-,17-,19-,25-/m0/s1. The molecule has 4 heterocycles. The van der Waals surface area contributed by atoms with Gasteiger partial charge in [-0.2, -0.15) is 0 Å². The van der Waals surface area contributed by atoms with Crippen LogP contribution in [0.4, 0.5) is 0 Å². The Morgan fingerprint density at radius 1 is 1.25 bits per heavy atom. The first-order valence-corrected chi connectivity index (χ1v) is 13.5. The Kier molecular flexibility index (Phi) is 6.63. The Balaban J connectivity index is 1.41. The molecule has 11 N–H and O–H groups in total. The lowest BCUT2D eigenvalue weighted by atomic mass is 9.79. The topological polar surface area (TPSA) is 221 Å². The van der Waals surface area contributed by atoms with Gasteiger partial charge in [0, 0.05) is 18.7 Å². The van der Waals surface area contributed by atoms with Gasteiger partial charge in [0.15, 0.2) is 17.6 Å². The first-order chi connectivity index (χ1) is 18.7. The number of nitrogens with two attached hydrogens (primary N) is 1. The molecule has 1 aromatic rings. The summed E-state index contributed by atoms with van der Waals surface area (Å²) in [4.78, 5) is 27.4. The molecule has 0 radical (unpaired) electrons. The number of hydrogen-bond acceptors (Lipinski definition) is 8. The zero-order valence-corrected chi connectivity index (χ0v) is 23.1. The minimum atomic E-state index is -2.64. The van der Waals surface area contributed by atoms with Crippen LogP contribution < -0.4 is 37.1 Å². The summed E-state index contributed by atoms with van der Waals surface area (Å²) in [7, 11) is 0. The Hall–Kier alpha value is -3.62. The highest BCUT2D eigenvalue weighted by molar-refractivity contribution is 5.98. The van der Waals surface area contributed by atoms with E-state index < -0.39 is 41.5 Å². The van der Waals surface area contributed by atoms with Crippen LogP contribution in [-0.2, 0) is 10.2 Å². The number of carbonyl (C=O) groups excluding carboxylic acids is 2. The lowest BCUT2D eigenvalue weighted by Crippen LogP contribution is -2.81. The van der Waals surface area contributed by atoms with Gasteiger partial charge in [0.1, 0.15) is 11.8 Å². The molecule has 0 bridgehead atoms. The maximum atomic E-state index is 13.5. The molecule has 0 unspecified atom stereocenters. The molecule has 1 spiro atoms. The van der Waals surface area contributed by atoms with Gasteiger partial charge in [-0.3, -0.25) is 20.4 Å². The molecule has 4 aliphatic heterocycles. The molecule has 3 fully saturated rings. The van der Waals surface area contributed by atoms with Gasteiger partial charge in [0.2, 0.25) is 11.7 Å². The highest BCUT2D eigenvalue weighted by Crippen LogP contribution is 2.44. The monoisotopic (exact) mass is 557 g/mol. The van der Waals surface area contributed by atoms with Gasteiger partial charge in [0.25, 0.3) is 5.91 Å². The van der Waals surface area contributed by atoms with E-state index in [-0.39, 0.29) is 47.8 Å². The van der Waals surface area contributed by atoms with Crippen molar-refractivity contribution >= 4 is 23.7 Å². The molecule has 14 heteroatoms. The summed E-state index contributed by atoms with van der Waals surface area (Å²) in [6.45, 7) is 8.13. The van der Waals surface area contributed by atoms with Crippen molar-refractivity contribution in [3.63, 3.8) is 0 Å². The summed E-state index contributed by atoms with van der Waals surface area (Å²) in [5, 5.41) is 54.5. The van der Waals surface area contributed by atoms with Crippen LogP contribution in [0.15, 0.2) is 18.2 Å². The van der Waals surface area contributed by atoms with Gasteiger partial charge in [-0.05, 0) is 23.8 Å². The zero-order chi connectivity index (χ0) is 29.2. The smallest absolute Gasteiger partial charge is 0.255 e. The molecule has 0 aromatic heterocycles. The van der Waals surface area contributed by atoms with Crippen LogP contribution in [0.1, 0.15) is 50.0 Å². The van der Waals surface area contributed by atoms with Crippen molar-refractivity contribution in [1.29, 1.82) is 10.8 Å². The van der Waals surface area contributed by atoms with Crippen LogP contribution in [-0.4, -0.2) is 94.2 Å². The summed E-state index contributed by atoms with van der Waals surface area (Å²) in [5.41, 5.74) is 5.16. The number of carbonyl (C=O) groups is 2. The van der Waals surface area contributed by atoms with Crippen LogP contribution in [0.25, 0.3) is 0 Å². The summed E-state index contributed by atoms with van der Waals surface area (Å²) < 4.78 is 5.88. The number of amides is 2. The minimum Gasteiger partial charge on any atom is -0.492 e. The van der Waals surface area contributed by atoms with E-state index in [1.807, 2.05) is 19.9 Å². The number of para-hydroxylation sites is 1.